The smallest absolute Gasteiger partial charge is 0.122 e. The second-order valence-corrected chi connectivity index (χ2v) is 5.46. The molecule has 3 rings (SSSR count). The molecule has 1 heterocycles. The predicted octanol–water partition coefficient (Wildman–Crippen LogP) is 5.01. The molecule has 3 aromatic rings. The van der Waals surface area contributed by atoms with Gasteiger partial charge in [-0.15, -0.1) is 0 Å². The van der Waals surface area contributed by atoms with Crippen molar-refractivity contribution < 1.29 is 4.74 Å². The maximum atomic E-state index is 6.27. The van der Waals surface area contributed by atoms with Gasteiger partial charge in [0.15, 0.2) is 0 Å². The summed E-state index contributed by atoms with van der Waals surface area (Å²) >= 11 is 12.2. The summed E-state index contributed by atoms with van der Waals surface area (Å²) in [5.41, 5.74) is 2.25. The largest absolute Gasteiger partial charge is 0.497 e. The molecule has 1 aromatic heterocycles. The molecule has 0 bridgehead atoms. The van der Waals surface area contributed by atoms with E-state index < -0.39 is 0 Å². The first kappa shape index (κ1) is 13.3. The highest BCUT2D eigenvalue weighted by Gasteiger charge is 2.08. The summed E-state index contributed by atoms with van der Waals surface area (Å²) in [4.78, 5) is 0. The Bertz CT molecular complexity index is 747. The molecule has 2 nitrogen and oxygen atoms in total. The molecule has 102 valence electrons. The Morgan fingerprint density at radius 1 is 1.05 bits per heavy atom. The molecule has 0 spiro atoms. The third-order valence-corrected chi connectivity index (χ3v) is 3.88. The molecule has 0 unspecified atom stereocenters. The molecule has 0 radical (unpaired) electrons. The van der Waals surface area contributed by atoms with Gasteiger partial charge in [0, 0.05) is 29.2 Å². The lowest BCUT2D eigenvalue weighted by Gasteiger charge is -2.08. The zero-order chi connectivity index (χ0) is 14.1. The molecule has 0 aliphatic heterocycles. The number of fused-ring (bicyclic) bond motifs is 1. The van der Waals surface area contributed by atoms with Gasteiger partial charge in [-0.2, -0.15) is 0 Å². The van der Waals surface area contributed by atoms with Crippen LogP contribution in [0.4, 0.5) is 0 Å². The van der Waals surface area contributed by atoms with Crippen LogP contribution in [-0.2, 0) is 6.54 Å². The summed E-state index contributed by atoms with van der Waals surface area (Å²) in [5.74, 6) is 0.763. The van der Waals surface area contributed by atoms with Crippen LogP contribution in [-0.4, -0.2) is 11.7 Å². The van der Waals surface area contributed by atoms with Gasteiger partial charge in [0.2, 0.25) is 0 Å². The van der Waals surface area contributed by atoms with E-state index in [2.05, 4.69) is 4.57 Å². The number of hydrogen-bond donors (Lipinski definition) is 0. The Morgan fingerprint density at radius 3 is 2.50 bits per heavy atom. The fourth-order valence-corrected chi connectivity index (χ4v) is 2.66. The van der Waals surface area contributed by atoms with Crippen LogP contribution in [0.5, 0.6) is 5.75 Å². The molecule has 2 aromatic carbocycles. The van der Waals surface area contributed by atoms with Crippen molar-refractivity contribution in [3.05, 3.63) is 64.3 Å². The van der Waals surface area contributed by atoms with Gasteiger partial charge < -0.3 is 9.30 Å². The number of halogens is 2. The molecule has 0 aliphatic carbocycles. The molecule has 0 saturated heterocycles. The molecule has 0 aliphatic rings. The lowest BCUT2D eigenvalue weighted by Crippen LogP contribution is -1.97. The second kappa shape index (κ2) is 5.39. The number of methoxy groups -OCH3 is 1. The maximum Gasteiger partial charge on any atom is 0.122 e. The number of hydrogen-bond acceptors (Lipinski definition) is 1. The van der Waals surface area contributed by atoms with Gasteiger partial charge in [-0.05, 0) is 29.8 Å². The van der Waals surface area contributed by atoms with Crippen molar-refractivity contribution in [1.29, 1.82) is 0 Å². The quantitative estimate of drug-likeness (QED) is 0.664. The fourth-order valence-electron chi connectivity index (χ4n) is 2.27. The van der Waals surface area contributed by atoms with E-state index in [-0.39, 0.29) is 0 Å². The van der Waals surface area contributed by atoms with Crippen LogP contribution in [0.3, 0.4) is 0 Å². The van der Waals surface area contributed by atoms with Crippen molar-refractivity contribution in [3.63, 3.8) is 0 Å². The average molecular weight is 306 g/mol. The molecular formula is C16H13Cl2NO. The first-order valence-electron chi connectivity index (χ1n) is 6.24. The number of benzene rings is 2. The highest BCUT2D eigenvalue weighted by atomic mass is 35.5. The van der Waals surface area contributed by atoms with Gasteiger partial charge in [0.1, 0.15) is 5.75 Å². The molecule has 0 fully saturated rings. The minimum absolute atomic E-state index is 0.703. The van der Waals surface area contributed by atoms with E-state index in [4.69, 9.17) is 27.9 Å². The molecule has 4 heteroatoms. The second-order valence-electron chi connectivity index (χ2n) is 4.61. The zero-order valence-corrected chi connectivity index (χ0v) is 12.4. The molecule has 0 saturated carbocycles. The van der Waals surface area contributed by atoms with Crippen molar-refractivity contribution in [2.45, 2.75) is 6.54 Å². The van der Waals surface area contributed by atoms with Gasteiger partial charge in [0.25, 0.3) is 0 Å². The monoisotopic (exact) mass is 305 g/mol. The summed E-state index contributed by atoms with van der Waals surface area (Å²) < 4.78 is 7.42. The number of ether oxygens (including phenoxy) is 1. The van der Waals surface area contributed by atoms with Gasteiger partial charge in [0.05, 0.1) is 17.6 Å². The minimum Gasteiger partial charge on any atom is -0.497 e. The average Bonchev–Trinajstić information content (AvgIpc) is 2.85. The summed E-state index contributed by atoms with van der Waals surface area (Å²) in [6.07, 6.45) is 2.03. The Balaban J connectivity index is 2.03. The van der Waals surface area contributed by atoms with Gasteiger partial charge in [-0.1, -0.05) is 35.3 Å². The van der Waals surface area contributed by atoms with Crippen molar-refractivity contribution in [2.75, 3.05) is 7.11 Å². The first-order valence-corrected chi connectivity index (χ1v) is 7.00. The van der Waals surface area contributed by atoms with Crippen LogP contribution in [0.25, 0.3) is 10.9 Å². The number of rotatable bonds is 3. The lowest BCUT2D eigenvalue weighted by molar-refractivity contribution is 0.415. The van der Waals surface area contributed by atoms with Crippen molar-refractivity contribution in [2.24, 2.45) is 0 Å². The van der Waals surface area contributed by atoms with Crippen LogP contribution in [0.15, 0.2) is 48.7 Å². The van der Waals surface area contributed by atoms with Crippen molar-refractivity contribution in [1.82, 2.24) is 4.57 Å². The summed E-state index contributed by atoms with van der Waals surface area (Å²) in [5, 5.41) is 2.48. The molecule has 0 amide bonds. The minimum atomic E-state index is 0.703. The highest BCUT2D eigenvalue weighted by molar-refractivity contribution is 6.35. The third-order valence-electron chi connectivity index (χ3n) is 3.31. The van der Waals surface area contributed by atoms with Crippen LogP contribution < -0.4 is 4.74 Å². The predicted molar refractivity (Wildman–Crippen MR) is 84.1 cm³/mol. The summed E-state index contributed by atoms with van der Waals surface area (Å²) in [6.45, 7) is 0.768. The summed E-state index contributed by atoms with van der Waals surface area (Å²) in [7, 11) is 1.64. The summed E-state index contributed by atoms with van der Waals surface area (Å²) in [6, 6.07) is 13.7. The molecular weight excluding hydrogens is 293 g/mol. The molecule has 0 atom stereocenters. The highest BCUT2D eigenvalue weighted by Crippen LogP contribution is 2.30. The SMILES string of the molecule is COc1cc(Cl)c2ccn(Cc3ccc(Cl)cc3)c2c1. The zero-order valence-electron chi connectivity index (χ0n) is 10.9. The van der Waals surface area contributed by atoms with Crippen molar-refractivity contribution >= 4 is 34.1 Å². The van der Waals surface area contributed by atoms with E-state index >= 15 is 0 Å². The number of aromatic nitrogens is 1. The van der Waals surface area contributed by atoms with Crippen molar-refractivity contribution in [3.8, 4) is 5.75 Å². The van der Waals surface area contributed by atoms with Crippen LogP contribution in [0, 0.1) is 0 Å². The van der Waals surface area contributed by atoms with Crippen LogP contribution in [0.2, 0.25) is 10.0 Å². The Kier molecular flexibility index (Phi) is 3.60. The molecule has 0 N–H and O–H groups in total. The Hall–Kier alpha value is -1.64. The normalized spacial score (nSPS) is 10.9. The third kappa shape index (κ3) is 2.49. The van der Waals surface area contributed by atoms with Gasteiger partial charge >= 0.3 is 0 Å². The van der Waals surface area contributed by atoms with E-state index in [1.807, 2.05) is 48.7 Å². The Labute approximate surface area is 127 Å². The topological polar surface area (TPSA) is 14.2 Å². The Morgan fingerprint density at radius 2 is 1.80 bits per heavy atom. The van der Waals surface area contributed by atoms with Gasteiger partial charge in [-0.3, -0.25) is 0 Å². The number of nitrogens with zero attached hydrogens (tertiary/aromatic N) is 1. The molecule has 20 heavy (non-hydrogen) atoms. The van der Waals surface area contributed by atoms with E-state index in [0.29, 0.717) is 5.02 Å². The van der Waals surface area contributed by atoms with E-state index in [1.54, 1.807) is 7.11 Å². The van der Waals surface area contributed by atoms with E-state index in [9.17, 15) is 0 Å². The van der Waals surface area contributed by atoms with Crippen LogP contribution >= 0.6 is 23.2 Å². The fraction of sp³-hybridized carbons (Fsp3) is 0.125. The lowest BCUT2D eigenvalue weighted by atomic mass is 10.2. The standard InChI is InChI=1S/C16H13Cl2NO/c1-20-13-8-15(18)14-6-7-19(16(14)9-13)10-11-2-4-12(17)5-3-11/h2-9H,10H2,1H3. The van der Waals surface area contributed by atoms with E-state index in [0.717, 1.165) is 28.2 Å². The maximum absolute atomic E-state index is 6.27. The first-order chi connectivity index (χ1) is 9.67. The van der Waals surface area contributed by atoms with Crippen LogP contribution in [0.1, 0.15) is 5.56 Å². The van der Waals surface area contributed by atoms with E-state index in [1.165, 1.54) is 5.56 Å². The van der Waals surface area contributed by atoms with Gasteiger partial charge in [-0.25, -0.2) is 0 Å².